The Kier molecular flexibility index (Phi) is 9.11. The lowest BCUT2D eigenvalue weighted by molar-refractivity contribution is -0.122. The molecule has 0 aliphatic carbocycles. The molecule has 3 aromatic carbocycles. The van der Waals surface area contributed by atoms with E-state index in [1.807, 2.05) is 0 Å². The molecule has 39 heavy (non-hydrogen) atoms. The van der Waals surface area contributed by atoms with Gasteiger partial charge in [-0.2, -0.15) is 0 Å². The number of carbonyl (C=O) groups is 3. The fourth-order valence-electron chi connectivity index (χ4n) is 3.77. The van der Waals surface area contributed by atoms with Crippen molar-refractivity contribution in [2.24, 2.45) is 0 Å². The number of benzene rings is 3. The van der Waals surface area contributed by atoms with Gasteiger partial charge in [-0.3, -0.25) is 14.9 Å². The Bertz CT molecular complexity index is 1420. The summed E-state index contributed by atoms with van der Waals surface area (Å²) < 4.78 is 17.0. The van der Waals surface area contributed by atoms with E-state index in [0.29, 0.717) is 45.2 Å². The number of urea groups is 1. The number of nitrogens with one attached hydrogen (secondary N) is 1. The number of halogens is 2. The van der Waals surface area contributed by atoms with Crippen LogP contribution in [0, 0.1) is 0 Å². The SMILES string of the molecule is CCCCOc1ccc(N2C(=O)NC(=O)/C(=C/c3ccc(OCc4ccc(Cl)cc4Cl)c(OC)c3)C2=O)cc1. The lowest BCUT2D eigenvalue weighted by atomic mass is 10.1. The van der Waals surface area contributed by atoms with Crippen LogP contribution in [0.3, 0.4) is 0 Å². The molecule has 8 nitrogen and oxygen atoms in total. The molecule has 1 aliphatic heterocycles. The highest BCUT2D eigenvalue weighted by atomic mass is 35.5. The molecule has 0 spiro atoms. The van der Waals surface area contributed by atoms with Gasteiger partial charge >= 0.3 is 6.03 Å². The van der Waals surface area contributed by atoms with Crippen LogP contribution in [0.25, 0.3) is 6.08 Å². The first-order valence-corrected chi connectivity index (χ1v) is 13.0. The molecular weight excluding hydrogens is 543 g/mol. The van der Waals surface area contributed by atoms with Crippen molar-refractivity contribution in [3.8, 4) is 17.2 Å². The third kappa shape index (κ3) is 6.71. The Morgan fingerprint density at radius 2 is 1.69 bits per heavy atom. The number of carbonyl (C=O) groups excluding carboxylic acids is 3. The van der Waals surface area contributed by atoms with Gasteiger partial charge in [0.2, 0.25) is 0 Å². The first-order chi connectivity index (χ1) is 18.8. The molecule has 0 bridgehead atoms. The van der Waals surface area contributed by atoms with Crippen molar-refractivity contribution in [2.75, 3.05) is 18.6 Å². The first-order valence-electron chi connectivity index (χ1n) is 12.2. The van der Waals surface area contributed by atoms with E-state index in [1.54, 1.807) is 60.7 Å². The lowest BCUT2D eigenvalue weighted by Crippen LogP contribution is -2.54. The lowest BCUT2D eigenvalue weighted by Gasteiger charge is -2.26. The number of imide groups is 2. The van der Waals surface area contributed by atoms with Crippen molar-refractivity contribution in [1.29, 1.82) is 0 Å². The van der Waals surface area contributed by atoms with E-state index in [1.165, 1.54) is 13.2 Å². The molecule has 0 radical (unpaired) electrons. The molecule has 202 valence electrons. The normalized spacial score (nSPS) is 14.4. The minimum Gasteiger partial charge on any atom is -0.494 e. The minimum absolute atomic E-state index is 0.174. The van der Waals surface area contributed by atoms with Crippen molar-refractivity contribution >= 4 is 52.8 Å². The first kappa shape index (κ1) is 28.0. The number of ether oxygens (including phenoxy) is 3. The number of barbiturate groups is 1. The maximum absolute atomic E-state index is 13.3. The van der Waals surface area contributed by atoms with E-state index >= 15 is 0 Å². The van der Waals surface area contributed by atoms with Gasteiger partial charge in [0, 0.05) is 15.6 Å². The summed E-state index contributed by atoms with van der Waals surface area (Å²) in [5.41, 5.74) is 1.34. The fraction of sp³-hybridized carbons (Fsp3) is 0.207. The molecule has 1 fully saturated rings. The standard InChI is InChI=1S/C29H26Cl2N2O6/c1-3-4-13-38-22-10-8-21(9-11-22)33-28(35)23(27(34)32-29(33)36)14-18-5-12-25(26(15-18)37-2)39-17-19-6-7-20(30)16-24(19)31/h5-12,14-16H,3-4,13,17H2,1-2H3,(H,32,34,36)/b23-14-. The molecule has 1 aliphatic rings. The summed E-state index contributed by atoms with van der Waals surface area (Å²) in [6, 6.07) is 15.8. The van der Waals surface area contributed by atoms with Gasteiger partial charge in [0.25, 0.3) is 11.8 Å². The summed E-state index contributed by atoms with van der Waals surface area (Å²) in [6.45, 7) is 2.81. The van der Waals surface area contributed by atoms with Crippen LogP contribution in [0.2, 0.25) is 10.0 Å². The number of nitrogens with zero attached hydrogens (tertiary/aromatic N) is 1. The summed E-state index contributed by atoms with van der Waals surface area (Å²) in [5, 5.41) is 3.22. The molecule has 1 N–H and O–H groups in total. The molecule has 4 rings (SSSR count). The van der Waals surface area contributed by atoms with Gasteiger partial charge in [-0.15, -0.1) is 0 Å². The van der Waals surface area contributed by atoms with E-state index in [9.17, 15) is 14.4 Å². The summed E-state index contributed by atoms with van der Waals surface area (Å²) >= 11 is 12.2. The number of rotatable bonds is 10. The number of anilines is 1. The molecule has 0 atom stereocenters. The summed E-state index contributed by atoms with van der Waals surface area (Å²) in [5.74, 6) is -0.109. The van der Waals surface area contributed by atoms with Gasteiger partial charge in [0.05, 0.1) is 19.4 Å². The highest BCUT2D eigenvalue weighted by Gasteiger charge is 2.36. The highest BCUT2D eigenvalue weighted by molar-refractivity contribution is 6.39. The topological polar surface area (TPSA) is 94.2 Å². The number of hydrogen-bond acceptors (Lipinski definition) is 6. The second-order valence-electron chi connectivity index (χ2n) is 8.59. The Labute approximate surface area is 236 Å². The maximum Gasteiger partial charge on any atom is 0.335 e. The molecule has 10 heteroatoms. The van der Waals surface area contributed by atoms with E-state index in [2.05, 4.69) is 12.2 Å². The molecule has 1 heterocycles. The van der Waals surface area contributed by atoms with Gasteiger partial charge in [-0.1, -0.05) is 48.7 Å². The Morgan fingerprint density at radius 3 is 2.38 bits per heavy atom. The van der Waals surface area contributed by atoms with Crippen LogP contribution in [-0.4, -0.2) is 31.6 Å². The zero-order valence-corrected chi connectivity index (χ0v) is 22.8. The molecular formula is C29H26Cl2N2O6. The van der Waals surface area contributed by atoms with Crippen LogP contribution < -0.4 is 24.4 Å². The molecule has 0 saturated carbocycles. The molecule has 3 aromatic rings. The fourth-order valence-corrected chi connectivity index (χ4v) is 4.23. The Morgan fingerprint density at radius 1 is 0.923 bits per heavy atom. The van der Waals surface area contributed by atoms with E-state index in [0.717, 1.165) is 23.3 Å². The van der Waals surface area contributed by atoms with Crippen LogP contribution in [0.15, 0.2) is 66.2 Å². The van der Waals surface area contributed by atoms with Crippen LogP contribution >= 0.6 is 23.2 Å². The Hall–Kier alpha value is -4.01. The number of hydrogen-bond donors (Lipinski definition) is 1. The second-order valence-corrected chi connectivity index (χ2v) is 9.43. The number of methoxy groups -OCH3 is 1. The highest BCUT2D eigenvalue weighted by Crippen LogP contribution is 2.32. The maximum atomic E-state index is 13.3. The predicted molar refractivity (Wildman–Crippen MR) is 150 cm³/mol. The third-order valence-corrected chi connectivity index (χ3v) is 6.45. The van der Waals surface area contributed by atoms with Gasteiger partial charge in [0.1, 0.15) is 17.9 Å². The van der Waals surface area contributed by atoms with E-state index < -0.39 is 17.8 Å². The number of unbranched alkanes of at least 4 members (excludes halogenated alkanes) is 1. The van der Waals surface area contributed by atoms with Crippen molar-refractivity contribution in [3.05, 3.63) is 87.4 Å². The van der Waals surface area contributed by atoms with Crippen molar-refractivity contribution < 1.29 is 28.6 Å². The third-order valence-electron chi connectivity index (χ3n) is 5.86. The molecule has 0 unspecified atom stereocenters. The van der Waals surface area contributed by atoms with Gasteiger partial charge < -0.3 is 14.2 Å². The van der Waals surface area contributed by atoms with E-state index in [4.69, 9.17) is 37.4 Å². The molecule has 4 amide bonds. The van der Waals surface area contributed by atoms with Crippen LogP contribution in [0.1, 0.15) is 30.9 Å². The van der Waals surface area contributed by atoms with Crippen LogP contribution in [-0.2, 0) is 16.2 Å². The second kappa shape index (κ2) is 12.7. The average molecular weight is 569 g/mol. The van der Waals surface area contributed by atoms with Crippen LogP contribution in [0.4, 0.5) is 10.5 Å². The predicted octanol–water partition coefficient (Wildman–Crippen LogP) is 6.43. The zero-order valence-electron chi connectivity index (χ0n) is 21.3. The van der Waals surface area contributed by atoms with Gasteiger partial charge in [-0.05, 0) is 66.6 Å². The number of amides is 4. The smallest absolute Gasteiger partial charge is 0.335 e. The summed E-state index contributed by atoms with van der Waals surface area (Å²) in [6.07, 6.45) is 3.31. The van der Waals surface area contributed by atoms with Gasteiger partial charge in [0.15, 0.2) is 11.5 Å². The van der Waals surface area contributed by atoms with Crippen molar-refractivity contribution in [1.82, 2.24) is 5.32 Å². The van der Waals surface area contributed by atoms with E-state index in [-0.39, 0.29) is 12.2 Å². The zero-order chi connectivity index (χ0) is 27.9. The monoisotopic (exact) mass is 568 g/mol. The van der Waals surface area contributed by atoms with Crippen molar-refractivity contribution in [2.45, 2.75) is 26.4 Å². The van der Waals surface area contributed by atoms with Crippen LogP contribution in [0.5, 0.6) is 17.2 Å². The summed E-state index contributed by atoms with van der Waals surface area (Å²) in [7, 11) is 1.48. The van der Waals surface area contributed by atoms with Gasteiger partial charge in [-0.25, -0.2) is 9.69 Å². The minimum atomic E-state index is -0.830. The quantitative estimate of drug-likeness (QED) is 0.172. The molecule has 1 saturated heterocycles. The van der Waals surface area contributed by atoms with Crippen molar-refractivity contribution in [3.63, 3.8) is 0 Å². The summed E-state index contributed by atoms with van der Waals surface area (Å²) in [4.78, 5) is 39.3. The Balaban J connectivity index is 1.53. The average Bonchev–Trinajstić information content (AvgIpc) is 2.92. The largest absolute Gasteiger partial charge is 0.494 e. The molecule has 0 aromatic heterocycles.